The van der Waals surface area contributed by atoms with E-state index in [4.69, 9.17) is 17.0 Å². The molecule has 8 nitrogen and oxygen atoms in total. The highest BCUT2D eigenvalue weighted by Crippen LogP contribution is 2.32. The van der Waals surface area contributed by atoms with E-state index in [0.29, 0.717) is 18.2 Å². The van der Waals surface area contributed by atoms with Gasteiger partial charge in [0.15, 0.2) is 0 Å². The number of carbonyl (C=O) groups is 2. The van der Waals surface area contributed by atoms with E-state index in [1.165, 1.54) is 17.7 Å². The number of piperazine rings is 1. The maximum absolute atomic E-state index is 12.1. The lowest BCUT2D eigenvalue weighted by Gasteiger charge is -2.37. The van der Waals surface area contributed by atoms with Crippen LogP contribution < -0.4 is 15.1 Å². The number of pyridine rings is 1. The number of aromatic nitrogens is 1. The second-order valence-corrected chi connectivity index (χ2v) is 8.09. The van der Waals surface area contributed by atoms with E-state index in [-0.39, 0.29) is 6.54 Å². The molecular weight excluding hydrogens is 398 g/mol. The van der Waals surface area contributed by atoms with E-state index in [1.54, 1.807) is 6.20 Å². The lowest BCUT2D eigenvalue weighted by atomic mass is 10.2. The molecule has 3 heterocycles. The van der Waals surface area contributed by atoms with Crippen LogP contribution in [0.4, 0.5) is 21.1 Å². The van der Waals surface area contributed by atoms with E-state index in [9.17, 15) is 9.59 Å². The zero-order valence-corrected chi connectivity index (χ0v) is 17.1. The molecule has 1 aromatic heterocycles. The van der Waals surface area contributed by atoms with Crippen molar-refractivity contribution in [2.45, 2.75) is 18.9 Å². The minimum atomic E-state index is -0.446. The van der Waals surface area contributed by atoms with Gasteiger partial charge in [-0.05, 0) is 25.0 Å². The average Bonchev–Trinajstić information content (AvgIpc) is 3.49. The number of hydrogen-bond acceptors (Lipinski definition) is 6. The van der Waals surface area contributed by atoms with Crippen LogP contribution >= 0.6 is 24.8 Å². The van der Waals surface area contributed by atoms with E-state index >= 15 is 0 Å². The molecule has 0 radical (unpaired) electrons. The van der Waals surface area contributed by atoms with Crippen LogP contribution in [-0.4, -0.2) is 71.6 Å². The Bertz CT molecular complexity index is 763. The number of nitrogens with one attached hydrogen (secondary N) is 1. The van der Waals surface area contributed by atoms with Crippen LogP contribution in [0.25, 0.3) is 0 Å². The fourth-order valence-corrected chi connectivity index (χ4v) is 4.02. The van der Waals surface area contributed by atoms with Gasteiger partial charge in [0.25, 0.3) is 5.24 Å². The maximum atomic E-state index is 12.1. The summed E-state index contributed by atoms with van der Waals surface area (Å²) in [5, 5.41) is 2.09. The number of carbonyl (C=O) groups excluding carboxylic acids is 2. The van der Waals surface area contributed by atoms with Crippen LogP contribution in [0.1, 0.15) is 12.8 Å². The third kappa shape index (κ3) is 4.33. The number of anilines is 2. The molecule has 10 heteroatoms. The van der Waals surface area contributed by atoms with Gasteiger partial charge >= 0.3 is 6.09 Å². The Morgan fingerprint density at radius 3 is 2.64 bits per heavy atom. The highest BCUT2D eigenvalue weighted by molar-refractivity contribution is 7.96. The van der Waals surface area contributed by atoms with Gasteiger partial charge in [-0.2, -0.15) is 0 Å². The van der Waals surface area contributed by atoms with E-state index in [0.717, 1.165) is 37.0 Å². The molecule has 1 saturated carbocycles. The Hall–Kier alpha value is -2.07. The molecule has 0 aromatic carbocycles. The molecule has 2 aliphatic heterocycles. The Kier molecular flexibility index (Phi) is 5.58. The van der Waals surface area contributed by atoms with Gasteiger partial charge < -0.3 is 19.9 Å². The second-order valence-electron chi connectivity index (χ2n) is 7.26. The molecular formula is C18H23N5O3S2. The molecule has 0 bridgehead atoms. The molecule has 4 rings (SSSR count). The number of rotatable bonds is 5. The van der Waals surface area contributed by atoms with Gasteiger partial charge in [0, 0.05) is 32.1 Å². The smallest absolute Gasteiger partial charge is 0.414 e. The second kappa shape index (κ2) is 8.12. The number of thiocarbonyl (C=S) groups is 1. The number of ether oxygens (including phenoxy) is 1. The largest absolute Gasteiger partial charge is 0.442 e. The number of amides is 2. The molecule has 1 atom stereocenters. The summed E-state index contributed by atoms with van der Waals surface area (Å²) in [6.07, 6.45) is 3.34. The maximum Gasteiger partial charge on any atom is 0.414 e. The fourth-order valence-electron chi connectivity index (χ4n) is 3.51. The summed E-state index contributed by atoms with van der Waals surface area (Å²) in [7, 11) is 0. The summed E-state index contributed by atoms with van der Waals surface area (Å²) < 4.78 is 5.27. The first-order valence-electron chi connectivity index (χ1n) is 9.46. The average molecular weight is 422 g/mol. The van der Waals surface area contributed by atoms with Crippen molar-refractivity contribution in [2.75, 3.05) is 49.1 Å². The Morgan fingerprint density at radius 1 is 1.29 bits per heavy atom. The summed E-state index contributed by atoms with van der Waals surface area (Å²) in [5.41, 5.74) is 0.682. The SMILES string of the molecule is O=C(S)NC[C@H]1CN(c2ccc(N3CCN(C(=S)C4CC4)CC3)nc2)C(=O)O1. The number of nitrogens with zero attached hydrogens (tertiary/aromatic N) is 4. The monoisotopic (exact) mass is 421 g/mol. The molecule has 0 spiro atoms. The molecule has 0 unspecified atom stereocenters. The molecule has 150 valence electrons. The van der Waals surface area contributed by atoms with Crippen molar-refractivity contribution in [1.82, 2.24) is 15.2 Å². The van der Waals surface area contributed by atoms with Gasteiger partial charge in [-0.3, -0.25) is 9.69 Å². The highest BCUT2D eigenvalue weighted by atomic mass is 32.1. The Morgan fingerprint density at radius 2 is 2.04 bits per heavy atom. The first-order valence-corrected chi connectivity index (χ1v) is 10.3. The highest BCUT2D eigenvalue weighted by Gasteiger charge is 2.33. The predicted octanol–water partition coefficient (Wildman–Crippen LogP) is 1.91. The zero-order valence-electron chi connectivity index (χ0n) is 15.4. The van der Waals surface area contributed by atoms with Gasteiger partial charge in [-0.1, -0.05) is 24.8 Å². The van der Waals surface area contributed by atoms with Crippen molar-refractivity contribution in [3.05, 3.63) is 18.3 Å². The predicted molar refractivity (Wildman–Crippen MR) is 113 cm³/mol. The molecule has 1 aliphatic carbocycles. The number of cyclic esters (lactones) is 1. The molecule has 1 aromatic rings. The fraction of sp³-hybridized carbons (Fsp3) is 0.556. The molecule has 3 fully saturated rings. The first-order chi connectivity index (χ1) is 13.5. The molecule has 3 aliphatic rings. The van der Waals surface area contributed by atoms with Gasteiger partial charge in [-0.15, -0.1) is 0 Å². The molecule has 1 N–H and O–H groups in total. The minimum absolute atomic E-state index is 0.239. The lowest BCUT2D eigenvalue weighted by Crippen LogP contribution is -2.49. The zero-order chi connectivity index (χ0) is 19.7. The van der Waals surface area contributed by atoms with E-state index in [1.807, 2.05) is 12.1 Å². The third-order valence-electron chi connectivity index (χ3n) is 5.24. The summed E-state index contributed by atoms with van der Waals surface area (Å²) in [5.74, 6) is 1.52. The third-order valence-corrected chi connectivity index (χ3v) is 5.99. The van der Waals surface area contributed by atoms with E-state index in [2.05, 4.69) is 32.7 Å². The number of hydrogen-bond donors (Lipinski definition) is 2. The summed E-state index contributed by atoms with van der Waals surface area (Å²) in [4.78, 5) is 34.7. The van der Waals surface area contributed by atoms with Crippen molar-refractivity contribution < 1.29 is 14.3 Å². The van der Waals surface area contributed by atoms with Crippen LogP contribution in [-0.2, 0) is 4.74 Å². The van der Waals surface area contributed by atoms with Gasteiger partial charge in [0.1, 0.15) is 11.9 Å². The van der Waals surface area contributed by atoms with Crippen molar-refractivity contribution >= 4 is 52.7 Å². The van der Waals surface area contributed by atoms with Crippen molar-refractivity contribution in [3.8, 4) is 0 Å². The van der Waals surface area contributed by atoms with Crippen LogP contribution in [0.15, 0.2) is 18.3 Å². The first kappa shape index (κ1) is 19.3. The van der Waals surface area contributed by atoms with Crippen molar-refractivity contribution in [2.24, 2.45) is 5.92 Å². The normalized spacial score (nSPS) is 22.2. The van der Waals surface area contributed by atoms with Gasteiger partial charge in [0.05, 0.1) is 30.0 Å². The van der Waals surface area contributed by atoms with E-state index < -0.39 is 17.4 Å². The van der Waals surface area contributed by atoms with Crippen LogP contribution in [0.3, 0.4) is 0 Å². The molecule has 2 amide bonds. The Labute approximate surface area is 174 Å². The van der Waals surface area contributed by atoms with Crippen LogP contribution in [0.2, 0.25) is 0 Å². The molecule has 2 saturated heterocycles. The number of thiol groups is 1. The van der Waals surface area contributed by atoms with Crippen LogP contribution in [0, 0.1) is 5.92 Å². The molecule has 28 heavy (non-hydrogen) atoms. The van der Waals surface area contributed by atoms with Crippen molar-refractivity contribution in [3.63, 3.8) is 0 Å². The Balaban J connectivity index is 1.32. The quantitative estimate of drug-likeness (QED) is 0.555. The van der Waals surface area contributed by atoms with Crippen LogP contribution in [0.5, 0.6) is 0 Å². The standard InChI is InChI=1S/C18H23N5O3S2/c24-17(28)20-10-14-11-23(18(25)26-14)13-3-4-15(19-9-13)21-5-7-22(8-6-21)16(27)12-1-2-12/h3-4,9,12,14H,1-2,5-8,10-11H2,(H2,20,24,28)/t14-/m0/s1. The lowest BCUT2D eigenvalue weighted by molar-refractivity contribution is 0.141. The summed E-state index contributed by atoms with van der Waals surface area (Å²) >= 11 is 9.21. The summed E-state index contributed by atoms with van der Waals surface area (Å²) in [6, 6.07) is 3.81. The summed E-state index contributed by atoms with van der Waals surface area (Å²) in [6.45, 7) is 4.23. The van der Waals surface area contributed by atoms with Gasteiger partial charge in [-0.25, -0.2) is 9.78 Å². The van der Waals surface area contributed by atoms with Gasteiger partial charge in [0.2, 0.25) is 0 Å². The van der Waals surface area contributed by atoms with Crippen molar-refractivity contribution in [1.29, 1.82) is 0 Å². The topological polar surface area (TPSA) is 78.0 Å². The minimum Gasteiger partial charge on any atom is -0.442 e.